The van der Waals surface area contributed by atoms with Gasteiger partial charge in [0.05, 0.1) is 24.6 Å². The Morgan fingerprint density at radius 1 is 0.919 bits per heavy atom. The van der Waals surface area contributed by atoms with Crippen molar-refractivity contribution in [2.24, 2.45) is 0 Å². The molecule has 4 rings (SSSR count). The van der Waals surface area contributed by atoms with E-state index in [0.29, 0.717) is 18.2 Å². The average Bonchev–Trinajstić information content (AvgIpc) is 3.29. The number of ether oxygens (including phenoxy) is 4. The van der Waals surface area contributed by atoms with Crippen LogP contribution in [0.4, 0.5) is 0 Å². The van der Waals surface area contributed by atoms with Crippen LogP contribution in [0.3, 0.4) is 0 Å². The van der Waals surface area contributed by atoms with E-state index in [1.165, 1.54) is 32.1 Å². The minimum Gasteiger partial charge on any atom is -0.477 e. The van der Waals surface area contributed by atoms with Crippen LogP contribution < -0.4 is 9.47 Å². The number of unbranched alkanes of at least 4 members (excludes halogenated alkanes) is 5. The maximum Gasteiger partial charge on any atom is 0.343 e. The third-order valence-corrected chi connectivity index (χ3v) is 6.09. The van der Waals surface area contributed by atoms with Gasteiger partial charge in [-0.2, -0.15) is 0 Å². The van der Waals surface area contributed by atoms with Crippen LogP contribution in [0.2, 0.25) is 0 Å². The molecule has 1 saturated heterocycles. The number of rotatable bonds is 12. The molecule has 0 unspecified atom stereocenters. The van der Waals surface area contributed by atoms with E-state index in [-0.39, 0.29) is 6.61 Å². The van der Waals surface area contributed by atoms with Gasteiger partial charge in [-0.15, -0.1) is 10.2 Å². The first kappa shape index (κ1) is 26.7. The molecule has 3 aromatic rings. The third-order valence-electron chi connectivity index (χ3n) is 6.09. The van der Waals surface area contributed by atoms with Crippen LogP contribution in [0.1, 0.15) is 59.3 Å². The molecular weight excluding hydrogens is 470 g/mol. The Labute approximate surface area is 218 Å². The molecule has 0 aliphatic carbocycles. The molecule has 2 aromatic heterocycles. The van der Waals surface area contributed by atoms with E-state index in [2.05, 4.69) is 22.1 Å². The van der Waals surface area contributed by atoms with Gasteiger partial charge >= 0.3 is 5.97 Å². The number of aromatic nitrogens is 3. The molecule has 1 aliphatic heterocycles. The maximum atomic E-state index is 12.3. The maximum absolute atomic E-state index is 12.3. The number of carbonyl (C=O) groups excluding carboxylic acids is 1. The molecule has 0 N–H and O–H groups in total. The molecule has 37 heavy (non-hydrogen) atoms. The summed E-state index contributed by atoms with van der Waals surface area (Å²) >= 11 is 0. The minimum absolute atomic E-state index is 0.180. The highest BCUT2D eigenvalue weighted by atomic mass is 16.8. The Kier molecular flexibility index (Phi) is 9.19. The molecule has 1 fully saturated rings. The molecule has 1 atom stereocenters. The highest BCUT2D eigenvalue weighted by Gasteiger charge is 2.38. The van der Waals surface area contributed by atoms with E-state index in [1.54, 1.807) is 32.2 Å². The van der Waals surface area contributed by atoms with E-state index in [0.717, 1.165) is 28.9 Å². The van der Waals surface area contributed by atoms with Gasteiger partial charge in [-0.05, 0) is 62.7 Å². The predicted octanol–water partition coefficient (Wildman–Crippen LogP) is 6.00. The number of esters is 1. The lowest BCUT2D eigenvalue weighted by molar-refractivity contribution is -0.162. The molecular formula is C29H35N3O5. The van der Waals surface area contributed by atoms with Crippen molar-refractivity contribution in [2.75, 3.05) is 13.2 Å². The highest BCUT2D eigenvalue weighted by Crippen LogP contribution is 2.26. The largest absolute Gasteiger partial charge is 0.477 e. The van der Waals surface area contributed by atoms with E-state index >= 15 is 0 Å². The summed E-state index contributed by atoms with van der Waals surface area (Å²) in [6, 6.07) is 14.8. The Morgan fingerprint density at radius 2 is 1.65 bits per heavy atom. The molecule has 0 saturated carbocycles. The summed E-state index contributed by atoms with van der Waals surface area (Å²) in [5.41, 5.74) is 3.29. The van der Waals surface area contributed by atoms with Crippen LogP contribution in [0, 0.1) is 0 Å². The van der Waals surface area contributed by atoms with Gasteiger partial charge in [0.1, 0.15) is 5.75 Å². The fourth-order valence-electron chi connectivity index (χ4n) is 4.01. The standard InChI is InChI=1S/C29H35N3O5/c1-4-5-6-7-8-9-18-34-27-17-16-25(31-32-27)22-12-15-24(30-19-22)21-10-13-23(14-11-21)36-28(33)26-20-35-29(2,3)37-26/h10-17,19,26H,4-9,18,20H2,1-3H3/t26-/m1/s1. The highest BCUT2D eigenvalue weighted by molar-refractivity contribution is 5.78. The lowest BCUT2D eigenvalue weighted by Crippen LogP contribution is -2.30. The summed E-state index contributed by atoms with van der Waals surface area (Å²) < 4.78 is 22.1. The number of pyridine rings is 1. The number of hydrogen-bond acceptors (Lipinski definition) is 8. The molecule has 0 bridgehead atoms. The molecule has 0 spiro atoms. The lowest BCUT2D eigenvalue weighted by atomic mass is 10.1. The molecule has 0 radical (unpaired) electrons. The van der Waals surface area contributed by atoms with Crippen LogP contribution in [-0.4, -0.2) is 46.3 Å². The van der Waals surface area contributed by atoms with Gasteiger partial charge in [0.15, 0.2) is 11.9 Å². The monoisotopic (exact) mass is 505 g/mol. The number of hydrogen-bond donors (Lipinski definition) is 0. The van der Waals surface area contributed by atoms with Gasteiger partial charge in [-0.3, -0.25) is 4.98 Å². The van der Waals surface area contributed by atoms with Crippen molar-refractivity contribution < 1.29 is 23.7 Å². The normalized spacial score (nSPS) is 16.5. The summed E-state index contributed by atoms with van der Waals surface area (Å²) in [6.45, 7) is 6.60. The first-order chi connectivity index (χ1) is 17.9. The lowest BCUT2D eigenvalue weighted by Gasteiger charge is -2.16. The van der Waals surface area contributed by atoms with Crippen molar-refractivity contribution in [3.63, 3.8) is 0 Å². The Hall–Kier alpha value is -3.36. The summed E-state index contributed by atoms with van der Waals surface area (Å²) in [5.74, 6) is -0.271. The number of carbonyl (C=O) groups is 1. The SMILES string of the molecule is CCCCCCCCOc1ccc(-c2ccc(-c3ccc(OC(=O)[C@H]4COC(C)(C)O4)cc3)nc2)nn1. The van der Waals surface area contributed by atoms with Crippen molar-refractivity contribution in [3.8, 4) is 34.1 Å². The zero-order chi connectivity index (χ0) is 26.1. The van der Waals surface area contributed by atoms with Crippen molar-refractivity contribution in [3.05, 3.63) is 54.7 Å². The fraction of sp³-hybridized carbons (Fsp3) is 0.448. The second-order valence-electron chi connectivity index (χ2n) is 9.57. The van der Waals surface area contributed by atoms with Gasteiger partial charge in [-0.25, -0.2) is 4.79 Å². The third kappa shape index (κ3) is 7.81. The quantitative estimate of drug-likeness (QED) is 0.168. The fourth-order valence-corrected chi connectivity index (χ4v) is 4.01. The first-order valence-corrected chi connectivity index (χ1v) is 13.0. The van der Waals surface area contributed by atoms with E-state index in [4.69, 9.17) is 18.9 Å². The predicted molar refractivity (Wildman–Crippen MR) is 140 cm³/mol. The molecule has 0 amide bonds. The van der Waals surface area contributed by atoms with Gasteiger partial charge in [0.25, 0.3) is 0 Å². The van der Waals surface area contributed by atoms with Crippen molar-refractivity contribution in [1.82, 2.24) is 15.2 Å². The van der Waals surface area contributed by atoms with E-state index in [1.807, 2.05) is 36.4 Å². The van der Waals surface area contributed by atoms with E-state index < -0.39 is 17.9 Å². The van der Waals surface area contributed by atoms with Gasteiger partial charge < -0.3 is 18.9 Å². The summed E-state index contributed by atoms with van der Waals surface area (Å²) in [7, 11) is 0. The molecule has 196 valence electrons. The summed E-state index contributed by atoms with van der Waals surface area (Å²) in [6.07, 6.45) is 8.37. The molecule has 1 aliphatic rings. The molecule has 8 heteroatoms. The topological polar surface area (TPSA) is 92.7 Å². The second-order valence-corrected chi connectivity index (χ2v) is 9.57. The summed E-state index contributed by atoms with van der Waals surface area (Å²) in [4.78, 5) is 16.9. The van der Waals surface area contributed by atoms with Crippen molar-refractivity contribution in [2.45, 2.75) is 71.2 Å². The molecule has 8 nitrogen and oxygen atoms in total. The summed E-state index contributed by atoms with van der Waals surface area (Å²) in [5, 5.41) is 8.48. The Balaban J connectivity index is 1.27. The van der Waals surface area contributed by atoms with Gasteiger partial charge in [0, 0.05) is 23.4 Å². The van der Waals surface area contributed by atoms with Crippen LogP contribution in [0.15, 0.2) is 54.7 Å². The van der Waals surface area contributed by atoms with Crippen LogP contribution in [0.25, 0.3) is 22.5 Å². The second kappa shape index (κ2) is 12.7. The average molecular weight is 506 g/mol. The first-order valence-electron chi connectivity index (χ1n) is 13.0. The van der Waals surface area contributed by atoms with Crippen LogP contribution in [0.5, 0.6) is 11.6 Å². The molecule has 3 heterocycles. The smallest absolute Gasteiger partial charge is 0.343 e. The van der Waals surface area contributed by atoms with Gasteiger partial charge in [-0.1, -0.05) is 39.0 Å². The van der Waals surface area contributed by atoms with Crippen LogP contribution >= 0.6 is 0 Å². The Morgan fingerprint density at radius 3 is 2.30 bits per heavy atom. The van der Waals surface area contributed by atoms with Gasteiger partial charge in [0.2, 0.25) is 5.88 Å². The zero-order valence-corrected chi connectivity index (χ0v) is 21.8. The molecule has 1 aromatic carbocycles. The Bertz CT molecular complexity index is 1130. The zero-order valence-electron chi connectivity index (χ0n) is 21.8. The van der Waals surface area contributed by atoms with E-state index in [9.17, 15) is 4.79 Å². The minimum atomic E-state index is -0.778. The number of benzene rings is 1. The van der Waals surface area contributed by atoms with Crippen molar-refractivity contribution >= 4 is 5.97 Å². The van der Waals surface area contributed by atoms with Crippen molar-refractivity contribution in [1.29, 1.82) is 0 Å². The number of nitrogens with zero attached hydrogens (tertiary/aromatic N) is 3. The van der Waals surface area contributed by atoms with Crippen LogP contribution in [-0.2, 0) is 14.3 Å².